The number of fused-ring (bicyclic) bond motifs is 1. The van der Waals surface area contributed by atoms with Gasteiger partial charge in [-0.25, -0.2) is 8.78 Å². The molecule has 0 bridgehead atoms. The van der Waals surface area contributed by atoms with Crippen LogP contribution in [0.3, 0.4) is 0 Å². The fraction of sp³-hybridized carbons (Fsp3) is 0.0625. The second-order valence-electron chi connectivity index (χ2n) is 4.90. The van der Waals surface area contributed by atoms with Gasteiger partial charge < -0.3 is 5.32 Å². The van der Waals surface area contributed by atoms with Crippen molar-refractivity contribution in [2.24, 2.45) is 0 Å². The second kappa shape index (κ2) is 5.59. The van der Waals surface area contributed by atoms with Crippen molar-refractivity contribution in [3.8, 4) is 0 Å². The van der Waals surface area contributed by atoms with Crippen LogP contribution in [-0.4, -0.2) is 5.91 Å². The van der Waals surface area contributed by atoms with Crippen molar-refractivity contribution in [1.82, 2.24) is 0 Å². The molecule has 3 rings (SSSR count). The molecule has 0 atom stereocenters. The standard InChI is InChI=1S/C16H9Br2F2NO/c1-7-10(17)6-11(18)15-14(7)9(16(22)21-15)4-8-2-3-12(19)13(20)5-8/h2-6H,1H3,(H,21,22). The Kier molecular flexibility index (Phi) is 3.91. The molecule has 0 fully saturated rings. The second-order valence-corrected chi connectivity index (χ2v) is 6.61. The van der Waals surface area contributed by atoms with E-state index in [9.17, 15) is 13.6 Å². The van der Waals surface area contributed by atoms with Crippen LogP contribution in [0.25, 0.3) is 11.6 Å². The average molecular weight is 429 g/mol. The molecule has 0 unspecified atom stereocenters. The van der Waals surface area contributed by atoms with Gasteiger partial charge >= 0.3 is 0 Å². The van der Waals surface area contributed by atoms with Gasteiger partial charge in [-0.15, -0.1) is 0 Å². The Morgan fingerprint density at radius 3 is 2.50 bits per heavy atom. The zero-order valence-corrected chi connectivity index (χ0v) is 14.5. The number of benzene rings is 2. The van der Waals surface area contributed by atoms with Crippen molar-refractivity contribution in [1.29, 1.82) is 0 Å². The third-order valence-corrected chi connectivity index (χ3v) is 4.93. The topological polar surface area (TPSA) is 29.1 Å². The third-order valence-electron chi connectivity index (χ3n) is 3.48. The number of hydrogen-bond donors (Lipinski definition) is 1. The van der Waals surface area contributed by atoms with Gasteiger partial charge in [0.05, 0.1) is 5.69 Å². The molecule has 0 aliphatic carbocycles. The van der Waals surface area contributed by atoms with Crippen LogP contribution in [0, 0.1) is 18.6 Å². The molecule has 0 saturated heterocycles. The predicted molar refractivity (Wildman–Crippen MR) is 89.4 cm³/mol. The molecule has 22 heavy (non-hydrogen) atoms. The van der Waals surface area contributed by atoms with Gasteiger partial charge in [-0.3, -0.25) is 4.79 Å². The van der Waals surface area contributed by atoms with Crippen LogP contribution in [0.1, 0.15) is 16.7 Å². The lowest BCUT2D eigenvalue weighted by molar-refractivity contribution is -0.110. The largest absolute Gasteiger partial charge is 0.320 e. The highest BCUT2D eigenvalue weighted by atomic mass is 79.9. The van der Waals surface area contributed by atoms with Gasteiger partial charge in [0.1, 0.15) is 0 Å². The van der Waals surface area contributed by atoms with Crippen molar-refractivity contribution in [2.45, 2.75) is 6.92 Å². The molecule has 6 heteroatoms. The highest BCUT2D eigenvalue weighted by Gasteiger charge is 2.29. The molecule has 1 heterocycles. The van der Waals surface area contributed by atoms with E-state index >= 15 is 0 Å². The number of nitrogens with one attached hydrogen (secondary N) is 1. The minimum atomic E-state index is -0.944. The van der Waals surface area contributed by atoms with Crippen LogP contribution < -0.4 is 5.32 Å². The molecule has 1 aliphatic heterocycles. The van der Waals surface area contributed by atoms with Crippen LogP contribution in [0.5, 0.6) is 0 Å². The first-order valence-corrected chi connectivity index (χ1v) is 7.94. The SMILES string of the molecule is Cc1c(Br)cc(Br)c2c1C(=Cc1ccc(F)c(F)c1)C(=O)N2. The molecule has 1 N–H and O–H groups in total. The van der Waals surface area contributed by atoms with Gasteiger partial charge in [0.2, 0.25) is 0 Å². The minimum absolute atomic E-state index is 0.276. The molecular formula is C16H9Br2F2NO. The lowest BCUT2D eigenvalue weighted by Crippen LogP contribution is -2.03. The summed E-state index contributed by atoms with van der Waals surface area (Å²) in [6.45, 7) is 1.88. The van der Waals surface area contributed by atoms with E-state index in [-0.39, 0.29) is 5.91 Å². The number of anilines is 1. The lowest BCUT2D eigenvalue weighted by Gasteiger charge is -2.08. The average Bonchev–Trinajstić information content (AvgIpc) is 2.78. The van der Waals surface area contributed by atoms with E-state index in [1.54, 1.807) is 6.08 Å². The zero-order valence-electron chi connectivity index (χ0n) is 11.3. The Bertz CT molecular complexity index is 847. The van der Waals surface area contributed by atoms with Crippen LogP contribution in [-0.2, 0) is 4.79 Å². The molecule has 1 aliphatic rings. The summed E-state index contributed by atoms with van der Waals surface area (Å²) in [5.74, 6) is -2.14. The predicted octanol–water partition coefficient (Wildman–Crippen LogP) is 5.29. The molecule has 112 valence electrons. The van der Waals surface area contributed by atoms with Gasteiger partial charge in [-0.2, -0.15) is 0 Å². The van der Waals surface area contributed by atoms with E-state index in [1.165, 1.54) is 6.07 Å². The number of hydrogen-bond acceptors (Lipinski definition) is 1. The van der Waals surface area contributed by atoms with E-state index in [1.807, 2.05) is 13.0 Å². The molecule has 2 aromatic carbocycles. The van der Waals surface area contributed by atoms with Crippen molar-refractivity contribution in [3.63, 3.8) is 0 Å². The Morgan fingerprint density at radius 1 is 1.09 bits per heavy atom. The van der Waals surface area contributed by atoms with Crippen molar-refractivity contribution in [3.05, 3.63) is 61.5 Å². The number of rotatable bonds is 1. The minimum Gasteiger partial charge on any atom is -0.320 e. The van der Waals surface area contributed by atoms with Crippen LogP contribution >= 0.6 is 31.9 Å². The highest BCUT2D eigenvalue weighted by molar-refractivity contribution is 9.11. The molecule has 2 nitrogen and oxygen atoms in total. The quantitative estimate of drug-likeness (QED) is 0.614. The summed E-state index contributed by atoms with van der Waals surface area (Å²) in [6.07, 6.45) is 1.55. The zero-order chi connectivity index (χ0) is 16.0. The van der Waals surface area contributed by atoms with Crippen molar-refractivity contribution < 1.29 is 13.6 Å². The monoisotopic (exact) mass is 427 g/mol. The summed E-state index contributed by atoms with van der Waals surface area (Å²) < 4.78 is 27.9. The van der Waals surface area contributed by atoms with Gasteiger partial charge in [0.15, 0.2) is 11.6 Å². The van der Waals surface area contributed by atoms with Gasteiger partial charge in [0, 0.05) is 20.1 Å². The highest BCUT2D eigenvalue weighted by Crippen LogP contribution is 2.43. The lowest BCUT2D eigenvalue weighted by atomic mass is 9.99. The van der Waals surface area contributed by atoms with E-state index in [4.69, 9.17) is 0 Å². The normalized spacial score (nSPS) is 15.1. The third kappa shape index (κ3) is 2.50. The Hall–Kier alpha value is -1.53. The maximum atomic E-state index is 13.3. The Balaban J connectivity index is 2.20. The van der Waals surface area contributed by atoms with Crippen molar-refractivity contribution in [2.75, 3.05) is 5.32 Å². The van der Waals surface area contributed by atoms with Crippen molar-refractivity contribution >= 4 is 55.1 Å². The molecular weight excluding hydrogens is 420 g/mol. The molecule has 0 spiro atoms. The summed E-state index contributed by atoms with van der Waals surface area (Å²) in [5, 5.41) is 2.79. The number of carbonyl (C=O) groups is 1. The Morgan fingerprint density at radius 2 is 1.82 bits per heavy atom. The first-order chi connectivity index (χ1) is 10.4. The van der Waals surface area contributed by atoms with Gasteiger partial charge in [-0.1, -0.05) is 22.0 Å². The van der Waals surface area contributed by atoms with E-state index in [2.05, 4.69) is 37.2 Å². The number of amides is 1. The van der Waals surface area contributed by atoms with E-state index in [0.29, 0.717) is 16.8 Å². The first-order valence-electron chi connectivity index (χ1n) is 6.35. The molecule has 1 amide bonds. The smallest absolute Gasteiger partial charge is 0.256 e. The van der Waals surface area contributed by atoms with Gasteiger partial charge in [-0.05, 0) is 58.3 Å². The van der Waals surface area contributed by atoms with Crippen LogP contribution in [0.15, 0.2) is 33.2 Å². The fourth-order valence-electron chi connectivity index (χ4n) is 2.38. The molecule has 2 aromatic rings. The molecule has 0 aromatic heterocycles. The number of carbonyl (C=O) groups excluding carboxylic acids is 1. The maximum Gasteiger partial charge on any atom is 0.256 e. The Labute approximate surface area is 142 Å². The summed E-state index contributed by atoms with van der Waals surface area (Å²) in [7, 11) is 0. The summed E-state index contributed by atoms with van der Waals surface area (Å²) in [4.78, 5) is 12.2. The van der Waals surface area contributed by atoms with Crippen LogP contribution in [0.2, 0.25) is 0 Å². The van der Waals surface area contributed by atoms with Crippen LogP contribution in [0.4, 0.5) is 14.5 Å². The summed E-state index contributed by atoms with van der Waals surface area (Å²) >= 11 is 6.86. The number of halogens is 4. The van der Waals surface area contributed by atoms with E-state index in [0.717, 1.165) is 32.2 Å². The fourth-order valence-corrected chi connectivity index (χ4v) is 3.64. The van der Waals surface area contributed by atoms with Gasteiger partial charge in [0.25, 0.3) is 5.91 Å². The van der Waals surface area contributed by atoms with E-state index < -0.39 is 11.6 Å². The maximum absolute atomic E-state index is 13.3. The summed E-state index contributed by atoms with van der Waals surface area (Å²) in [6, 6.07) is 5.39. The molecule has 0 saturated carbocycles. The summed E-state index contributed by atoms with van der Waals surface area (Å²) in [5.41, 5.74) is 3.16. The first kappa shape index (κ1) is 15.4. The molecule has 0 radical (unpaired) electrons.